The molecule has 9 aromatic carbocycles. The molecule has 0 aliphatic rings. The maximum absolute atomic E-state index is 10.1. The molecular formula is C62H32N10. The maximum Gasteiger partial charge on any atom is 0.164 e. The number of hydrogen-bond donors (Lipinski definition) is 0. The molecule has 3 heterocycles. The van der Waals surface area contributed by atoms with Crippen LogP contribution in [0.3, 0.4) is 0 Å². The third-order valence-corrected chi connectivity index (χ3v) is 13.1. The van der Waals surface area contributed by atoms with Crippen molar-refractivity contribution in [3.63, 3.8) is 0 Å². The first-order valence-corrected chi connectivity index (χ1v) is 22.9. The summed E-state index contributed by atoms with van der Waals surface area (Å²) in [5.41, 5.74) is 13.1. The van der Waals surface area contributed by atoms with E-state index in [2.05, 4.69) is 63.7 Å². The van der Waals surface area contributed by atoms with Gasteiger partial charge in [-0.25, -0.2) is 15.0 Å². The van der Waals surface area contributed by atoms with Gasteiger partial charge in [0.1, 0.15) is 0 Å². The van der Waals surface area contributed by atoms with E-state index in [-0.39, 0.29) is 0 Å². The van der Waals surface area contributed by atoms with Gasteiger partial charge in [0.15, 0.2) is 17.5 Å². The van der Waals surface area contributed by atoms with Crippen LogP contribution in [0.15, 0.2) is 194 Å². The Kier molecular flexibility index (Phi) is 10.2. The molecule has 72 heavy (non-hydrogen) atoms. The second-order valence-corrected chi connectivity index (χ2v) is 17.2. The summed E-state index contributed by atoms with van der Waals surface area (Å²) in [5, 5.41) is 53.3. The summed E-state index contributed by atoms with van der Waals surface area (Å²) in [7, 11) is 0. The first-order chi connectivity index (χ1) is 35.4. The van der Waals surface area contributed by atoms with Gasteiger partial charge in [0.05, 0.1) is 85.9 Å². The molecule has 0 saturated carbocycles. The lowest BCUT2D eigenvalue weighted by Gasteiger charge is -2.20. The number of hydrogen-bond acceptors (Lipinski definition) is 8. The number of rotatable bonds is 7. The molecule has 0 aliphatic heterocycles. The Morgan fingerprint density at radius 3 is 1.17 bits per heavy atom. The molecule has 0 bridgehead atoms. The second-order valence-electron chi connectivity index (χ2n) is 17.2. The Bertz CT molecular complexity index is 4240. The molecule has 330 valence electrons. The van der Waals surface area contributed by atoms with Gasteiger partial charge in [-0.1, -0.05) is 78.9 Å². The van der Waals surface area contributed by atoms with Gasteiger partial charge in [-0.15, -0.1) is 0 Å². The van der Waals surface area contributed by atoms with Crippen LogP contribution in [-0.4, -0.2) is 24.1 Å². The molecule has 12 aromatic rings. The zero-order chi connectivity index (χ0) is 48.9. The van der Waals surface area contributed by atoms with Crippen molar-refractivity contribution in [3.8, 4) is 98.1 Å². The van der Waals surface area contributed by atoms with E-state index in [1.165, 1.54) is 0 Å². The third kappa shape index (κ3) is 7.13. The van der Waals surface area contributed by atoms with Crippen LogP contribution >= 0.6 is 0 Å². The van der Waals surface area contributed by atoms with Crippen LogP contribution in [0.1, 0.15) is 27.8 Å². The smallest absolute Gasteiger partial charge is 0.164 e. The van der Waals surface area contributed by atoms with Gasteiger partial charge in [-0.2, -0.15) is 26.3 Å². The van der Waals surface area contributed by atoms with E-state index in [0.717, 1.165) is 88.4 Å². The monoisotopic (exact) mass is 916 g/mol. The van der Waals surface area contributed by atoms with Crippen LogP contribution < -0.4 is 0 Å². The van der Waals surface area contributed by atoms with E-state index < -0.39 is 0 Å². The normalized spacial score (nSPS) is 11.0. The lowest BCUT2D eigenvalue weighted by atomic mass is 9.92. The fourth-order valence-corrected chi connectivity index (χ4v) is 9.74. The van der Waals surface area contributed by atoms with Gasteiger partial charge in [0, 0.05) is 49.5 Å². The Balaban J connectivity index is 1.22. The van der Waals surface area contributed by atoms with E-state index >= 15 is 0 Å². The Morgan fingerprint density at radius 2 is 0.708 bits per heavy atom. The number of fused-ring (bicyclic) bond motifs is 6. The van der Waals surface area contributed by atoms with Crippen molar-refractivity contribution in [1.82, 2.24) is 24.1 Å². The lowest BCUT2D eigenvalue weighted by molar-refractivity contribution is 1.07. The van der Waals surface area contributed by atoms with Crippen molar-refractivity contribution in [2.75, 3.05) is 0 Å². The number of nitriles is 5. The number of aromatic nitrogens is 5. The highest BCUT2D eigenvalue weighted by Crippen LogP contribution is 2.44. The van der Waals surface area contributed by atoms with Gasteiger partial charge < -0.3 is 9.13 Å². The van der Waals surface area contributed by atoms with Crippen molar-refractivity contribution >= 4 is 43.6 Å². The van der Waals surface area contributed by atoms with Gasteiger partial charge in [0.2, 0.25) is 0 Å². The highest BCUT2D eigenvalue weighted by molar-refractivity contribution is 6.12. The standard InChI is InChI=1S/C62H32N10/c63-33-38-11-17-43(18-12-38)46-19-26-59(72-57-24-15-41(36-66)29-52(57)53-30-42(37-67)16-25-58(53)72)54(31-46)49-32-47(71-55-22-13-39(34-64)27-50(55)51-28-40(35-65)14-23-56(51)71)20-21-48(49)62-69-60(44-7-3-1-4-8-44)68-61(70-62)45-9-5-2-6-10-45/h1-32H. The van der Waals surface area contributed by atoms with Crippen LogP contribution in [0, 0.1) is 56.7 Å². The number of benzene rings is 9. The minimum Gasteiger partial charge on any atom is -0.309 e. The van der Waals surface area contributed by atoms with Crippen LogP contribution in [0.4, 0.5) is 0 Å². The van der Waals surface area contributed by atoms with E-state index in [1.54, 1.807) is 36.4 Å². The summed E-state index contributed by atoms with van der Waals surface area (Å²) in [5.74, 6) is 1.42. The molecule has 3 aromatic heterocycles. The van der Waals surface area contributed by atoms with E-state index in [1.807, 2.05) is 133 Å². The topological polar surface area (TPSA) is 167 Å². The predicted molar refractivity (Wildman–Crippen MR) is 279 cm³/mol. The first-order valence-electron chi connectivity index (χ1n) is 22.9. The Morgan fingerprint density at radius 1 is 0.292 bits per heavy atom. The molecule has 0 N–H and O–H groups in total. The van der Waals surface area contributed by atoms with E-state index in [0.29, 0.717) is 50.9 Å². The molecule has 12 rings (SSSR count). The molecule has 10 nitrogen and oxygen atoms in total. The molecule has 0 aliphatic carbocycles. The molecule has 0 radical (unpaired) electrons. The summed E-state index contributed by atoms with van der Waals surface area (Å²) in [4.78, 5) is 15.5. The minimum atomic E-state index is 0.429. The number of nitrogens with zero attached hydrogens (tertiary/aromatic N) is 10. The molecule has 0 saturated heterocycles. The second kappa shape index (κ2) is 17.3. The molecular weight excluding hydrogens is 885 g/mol. The van der Waals surface area contributed by atoms with E-state index in [9.17, 15) is 26.3 Å². The SMILES string of the molecule is N#Cc1ccc(-c2ccc(-n3c4ccc(C#N)cc4c4cc(C#N)ccc43)c(-c3cc(-n4c5ccc(C#N)cc5c5cc(C#N)ccc54)ccc3-c3nc(-c4ccccc4)nc(-c4ccccc4)n3)c2)cc1. The zero-order valence-corrected chi connectivity index (χ0v) is 37.9. The van der Waals surface area contributed by atoms with E-state index in [4.69, 9.17) is 15.0 Å². The summed E-state index contributed by atoms with van der Waals surface area (Å²) >= 11 is 0. The third-order valence-electron chi connectivity index (χ3n) is 13.1. The van der Waals surface area contributed by atoms with Crippen molar-refractivity contribution in [1.29, 1.82) is 26.3 Å². The summed E-state index contributed by atoms with van der Waals surface area (Å²) in [6, 6.07) is 73.5. The van der Waals surface area contributed by atoms with Crippen LogP contribution in [0.2, 0.25) is 0 Å². The molecule has 0 spiro atoms. The minimum absolute atomic E-state index is 0.429. The molecule has 0 atom stereocenters. The largest absolute Gasteiger partial charge is 0.309 e. The highest BCUT2D eigenvalue weighted by atomic mass is 15.0. The fraction of sp³-hybridized carbons (Fsp3) is 0. The molecule has 10 heteroatoms. The summed E-state index contributed by atoms with van der Waals surface area (Å²) < 4.78 is 4.32. The van der Waals surface area contributed by atoms with Crippen LogP contribution in [0.25, 0.3) is 111 Å². The fourth-order valence-electron chi connectivity index (χ4n) is 9.74. The van der Waals surface area contributed by atoms with Gasteiger partial charge >= 0.3 is 0 Å². The maximum atomic E-state index is 10.1. The Labute approximate surface area is 412 Å². The Hall–Kier alpha value is -11.0. The van der Waals surface area contributed by atoms with Gasteiger partial charge in [0.25, 0.3) is 0 Å². The average molecular weight is 917 g/mol. The zero-order valence-electron chi connectivity index (χ0n) is 37.9. The van der Waals surface area contributed by atoms with Gasteiger partial charge in [-0.05, 0) is 132 Å². The molecule has 0 fully saturated rings. The average Bonchev–Trinajstić information content (AvgIpc) is 3.96. The van der Waals surface area contributed by atoms with Crippen LogP contribution in [0.5, 0.6) is 0 Å². The predicted octanol–water partition coefficient (Wildman–Crippen LogP) is 13.8. The van der Waals surface area contributed by atoms with Crippen LogP contribution in [-0.2, 0) is 0 Å². The van der Waals surface area contributed by atoms with Crippen molar-refractivity contribution < 1.29 is 0 Å². The molecule has 0 unspecified atom stereocenters. The molecule has 0 amide bonds. The van der Waals surface area contributed by atoms with Crippen molar-refractivity contribution in [2.24, 2.45) is 0 Å². The highest BCUT2D eigenvalue weighted by Gasteiger charge is 2.24. The quantitative estimate of drug-likeness (QED) is 0.152. The summed E-state index contributed by atoms with van der Waals surface area (Å²) in [6.07, 6.45) is 0. The lowest BCUT2D eigenvalue weighted by Crippen LogP contribution is -2.04. The first kappa shape index (κ1) is 42.4. The van der Waals surface area contributed by atoms with Crippen molar-refractivity contribution in [3.05, 3.63) is 222 Å². The van der Waals surface area contributed by atoms with Gasteiger partial charge in [-0.3, -0.25) is 0 Å². The summed E-state index contributed by atoms with van der Waals surface area (Å²) in [6.45, 7) is 0. The van der Waals surface area contributed by atoms with Crippen molar-refractivity contribution in [2.45, 2.75) is 0 Å².